The number of carboxylic acid groups (broad SMARTS) is 1. The highest BCUT2D eigenvalue weighted by Crippen LogP contribution is 2.37. The second-order valence-corrected chi connectivity index (χ2v) is 4.88. The molecule has 0 spiro atoms. The summed E-state index contributed by atoms with van der Waals surface area (Å²) in [6.07, 6.45) is 1.33. The molecule has 5 nitrogen and oxygen atoms in total. The van der Waals surface area contributed by atoms with Crippen LogP contribution >= 0.6 is 0 Å². The number of carbonyl (C=O) groups excluding carboxylic acids is 1. The van der Waals surface area contributed by atoms with Crippen LogP contribution in [0.1, 0.15) is 36.2 Å². The van der Waals surface area contributed by atoms with Gasteiger partial charge in [0.2, 0.25) is 11.8 Å². The smallest absolute Gasteiger partial charge is 0.354 e. The summed E-state index contributed by atoms with van der Waals surface area (Å²) >= 11 is 0. The third kappa shape index (κ3) is 3.49. The largest absolute Gasteiger partial charge is 0.477 e. The molecule has 1 aromatic heterocycles. The van der Waals surface area contributed by atoms with E-state index in [1.165, 1.54) is 18.3 Å². The predicted octanol–water partition coefficient (Wildman–Crippen LogP) is 2.54. The second kappa shape index (κ2) is 5.52. The van der Waals surface area contributed by atoms with Crippen molar-refractivity contribution in [1.82, 2.24) is 4.98 Å². The SMILES string of the molecule is O=C(O)c1ccc(NC(=O)[C@H]2CCCC(F)(F)C2)cn1. The maximum atomic E-state index is 13.2. The molecule has 2 rings (SSSR count). The Balaban J connectivity index is 1.99. The lowest BCUT2D eigenvalue weighted by atomic mass is 9.86. The van der Waals surface area contributed by atoms with E-state index in [1.54, 1.807) is 0 Å². The number of pyridine rings is 1. The van der Waals surface area contributed by atoms with Crippen molar-refractivity contribution in [3.05, 3.63) is 24.0 Å². The third-order valence-electron chi connectivity index (χ3n) is 3.26. The lowest BCUT2D eigenvalue weighted by Gasteiger charge is -2.27. The standard InChI is InChI=1S/C13H14F2N2O3/c14-13(15)5-1-2-8(6-13)11(18)17-9-3-4-10(12(19)20)16-7-9/h3-4,7-8H,1-2,5-6H2,(H,17,18)(H,19,20)/t8-/m0/s1. The summed E-state index contributed by atoms with van der Waals surface area (Å²) in [6.45, 7) is 0. The van der Waals surface area contributed by atoms with Crippen LogP contribution in [0.4, 0.5) is 14.5 Å². The van der Waals surface area contributed by atoms with Crippen molar-refractivity contribution in [2.24, 2.45) is 5.92 Å². The van der Waals surface area contributed by atoms with Crippen molar-refractivity contribution < 1.29 is 23.5 Å². The van der Waals surface area contributed by atoms with Crippen LogP contribution < -0.4 is 5.32 Å². The van der Waals surface area contributed by atoms with Gasteiger partial charge in [0.25, 0.3) is 0 Å². The molecule has 7 heteroatoms. The quantitative estimate of drug-likeness (QED) is 0.894. The Kier molecular flexibility index (Phi) is 3.96. The molecule has 0 radical (unpaired) electrons. The number of nitrogens with zero attached hydrogens (tertiary/aromatic N) is 1. The molecule has 108 valence electrons. The molecule has 1 saturated carbocycles. The van der Waals surface area contributed by atoms with E-state index in [0.717, 1.165) is 0 Å². The fraction of sp³-hybridized carbons (Fsp3) is 0.462. The van der Waals surface area contributed by atoms with E-state index in [9.17, 15) is 18.4 Å². The zero-order chi connectivity index (χ0) is 14.8. The summed E-state index contributed by atoms with van der Waals surface area (Å²) in [4.78, 5) is 26.1. The topological polar surface area (TPSA) is 79.3 Å². The summed E-state index contributed by atoms with van der Waals surface area (Å²) in [5.41, 5.74) is 0.154. The van der Waals surface area contributed by atoms with E-state index in [0.29, 0.717) is 18.5 Å². The van der Waals surface area contributed by atoms with Crippen molar-refractivity contribution in [2.45, 2.75) is 31.6 Å². The molecule has 1 heterocycles. The van der Waals surface area contributed by atoms with Gasteiger partial charge in [0.15, 0.2) is 0 Å². The Morgan fingerprint density at radius 1 is 1.40 bits per heavy atom. The lowest BCUT2D eigenvalue weighted by Crippen LogP contribution is -2.33. The highest BCUT2D eigenvalue weighted by atomic mass is 19.3. The molecule has 1 aromatic rings. The predicted molar refractivity (Wildman–Crippen MR) is 66.7 cm³/mol. The molecule has 0 saturated heterocycles. The average molecular weight is 284 g/mol. The third-order valence-corrected chi connectivity index (χ3v) is 3.26. The number of carboxylic acids is 1. The summed E-state index contributed by atoms with van der Waals surface area (Å²) in [5.74, 6) is -5.16. The van der Waals surface area contributed by atoms with Gasteiger partial charge in [0.1, 0.15) is 5.69 Å². The number of hydrogen-bond acceptors (Lipinski definition) is 3. The van der Waals surface area contributed by atoms with Crippen LogP contribution in [0.2, 0.25) is 0 Å². The summed E-state index contributed by atoms with van der Waals surface area (Å²) in [7, 11) is 0. The number of hydrogen-bond donors (Lipinski definition) is 2. The van der Waals surface area contributed by atoms with E-state index >= 15 is 0 Å². The van der Waals surface area contributed by atoms with Crippen LogP contribution in [0, 0.1) is 5.92 Å². The Bertz CT molecular complexity index is 517. The molecule has 1 fully saturated rings. The molecule has 0 unspecified atom stereocenters. The van der Waals surface area contributed by atoms with Gasteiger partial charge in [0.05, 0.1) is 11.9 Å². The first-order valence-corrected chi connectivity index (χ1v) is 6.25. The zero-order valence-electron chi connectivity index (χ0n) is 10.6. The first-order chi connectivity index (χ1) is 9.37. The van der Waals surface area contributed by atoms with Crippen LogP contribution in [0.5, 0.6) is 0 Å². The first kappa shape index (κ1) is 14.4. The molecular formula is C13H14F2N2O3. The summed E-state index contributed by atoms with van der Waals surface area (Å²) < 4.78 is 26.5. The normalized spacial score (nSPS) is 21.2. The number of halogens is 2. The van der Waals surface area contributed by atoms with Crippen molar-refractivity contribution in [1.29, 1.82) is 0 Å². The lowest BCUT2D eigenvalue weighted by molar-refractivity contribution is -0.127. The van der Waals surface area contributed by atoms with Gasteiger partial charge in [-0.15, -0.1) is 0 Å². The summed E-state index contributed by atoms with van der Waals surface area (Å²) in [6, 6.07) is 2.63. The Labute approximate surface area is 114 Å². The summed E-state index contributed by atoms with van der Waals surface area (Å²) in [5, 5.41) is 11.2. The van der Waals surface area contributed by atoms with Gasteiger partial charge in [-0.05, 0) is 25.0 Å². The minimum absolute atomic E-state index is 0.146. The Hall–Kier alpha value is -2.05. The number of nitrogens with one attached hydrogen (secondary N) is 1. The Morgan fingerprint density at radius 2 is 2.15 bits per heavy atom. The highest BCUT2D eigenvalue weighted by Gasteiger charge is 2.39. The van der Waals surface area contributed by atoms with Crippen LogP contribution in [0.25, 0.3) is 0 Å². The maximum absolute atomic E-state index is 13.2. The number of carbonyl (C=O) groups is 2. The van der Waals surface area contributed by atoms with Crippen LogP contribution in [0.3, 0.4) is 0 Å². The van der Waals surface area contributed by atoms with Crippen molar-refractivity contribution in [3.63, 3.8) is 0 Å². The van der Waals surface area contributed by atoms with Crippen LogP contribution in [-0.4, -0.2) is 27.9 Å². The molecule has 0 aliphatic heterocycles. The molecule has 1 amide bonds. The highest BCUT2D eigenvalue weighted by molar-refractivity contribution is 5.93. The average Bonchev–Trinajstić information content (AvgIpc) is 2.38. The minimum Gasteiger partial charge on any atom is -0.477 e. The molecular weight excluding hydrogens is 270 g/mol. The number of anilines is 1. The monoisotopic (exact) mass is 284 g/mol. The number of rotatable bonds is 3. The van der Waals surface area contributed by atoms with Gasteiger partial charge in [-0.25, -0.2) is 18.6 Å². The molecule has 2 N–H and O–H groups in total. The Morgan fingerprint density at radius 3 is 2.70 bits per heavy atom. The molecule has 1 atom stereocenters. The van der Waals surface area contributed by atoms with Crippen LogP contribution in [-0.2, 0) is 4.79 Å². The van der Waals surface area contributed by atoms with Gasteiger partial charge in [-0.2, -0.15) is 0 Å². The minimum atomic E-state index is -2.79. The second-order valence-electron chi connectivity index (χ2n) is 4.88. The molecule has 20 heavy (non-hydrogen) atoms. The molecule has 0 aromatic carbocycles. The van der Waals surface area contributed by atoms with E-state index in [1.807, 2.05) is 0 Å². The van der Waals surface area contributed by atoms with Gasteiger partial charge >= 0.3 is 5.97 Å². The number of amides is 1. The van der Waals surface area contributed by atoms with E-state index in [2.05, 4.69) is 10.3 Å². The van der Waals surface area contributed by atoms with E-state index in [4.69, 9.17) is 5.11 Å². The van der Waals surface area contributed by atoms with Crippen molar-refractivity contribution in [3.8, 4) is 0 Å². The van der Waals surface area contributed by atoms with Crippen molar-refractivity contribution in [2.75, 3.05) is 5.32 Å². The number of aromatic nitrogens is 1. The molecule has 1 aliphatic rings. The first-order valence-electron chi connectivity index (χ1n) is 6.25. The van der Waals surface area contributed by atoms with Crippen LogP contribution in [0.15, 0.2) is 18.3 Å². The molecule has 1 aliphatic carbocycles. The van der Waals surface area contributed by atoms with Crippen molar-refractivity contribution >= 4 is 17.6 Å². The fourth-order valence-electron chi connectivity index (χ4n) is 2.23. The van der Waals surface area contributed by atoms with E-state index < -0.39 is 30.1 Å². The number of aromatic carboxylic acids is 1. The van der Waals surface area contributed by atoms with Gasteiger partial charge in [-0.3, -0.25) is 4.79 Å². The van der Waals surface area contributed by atoms with Gasteiger partial charge in [0, 0.05) is 18.8 Å². The van der Waals surface area contributed by atoms with Gasteiger partial charge < -0.3 is 10.4 Å². The van der Waals surface area contributed by atoms with Gasteiger partial charge in [-0.1, -0.05) is 0 Å². The maximum Gasteiger partial charge on any atom is 0.354 e. The molecule has 0 bridgehead atoms. The van der Waals surface area contributed by atoms with E-state index in [-0.39, 0.29) is 12.1 Å². The zero-order valence-corrected chi connectivity index (χ0v) is 10.6. The number of alkyl halides is 2. The fourth-order valence-corrected chi connectivity index (χ4v) is 2.23.